The molecule has 2 heterocycles. The topological polar surface area (TPSA) is 230 Å². The van der Waals surface area contributed by atoms with Gasteiger partial charge in [0.2, 0.25) is 0 Å². The fourth-order valence-corrected chi connectivity index (χ4v) is 4.27. The number of phosphoric ester groups is 1. The van der Waals surface area contributed by atoms with Gasteiger partial charge in [-0.25, -0.2) is 13.9 Å². The summed E-state index contributed by atoms with van der Waals surface area (Å²) >= 11 is 0. The molecule has 1 aliphatic rings. The molecule has 0 radical (unpaired) electrons. The highest BCUT2D eigenvalue weighted by molar-refractivity contribution is 7.60. The molecule has 0 amide bonds. The first-order valence-corrected chi connectivity index (χ1v) is 11.3. The molecule has 1 saturated heterocycles. The van der Waals surface area contributed by atoms with Gasteiger partial charge in [-0.3, -0.25) is 28.5 Å². The zero-order chi connectivity index (χ0) is 23.6. The molecule has 0 bridgehead atoms. The minimum Gasteiger partial charge on any atom is -0.456 e. The molecule has 0 spiro atoms. The van der Waals surface area contributed by atoms with E-state index >= 15 is 0 Å². The summed E-state index contributed by atoms with van der Waals surface area (Å²) in [6.07, 6.45) is -4.91. The van der Waals surface area contributed by atoms with Crippen LogP contribution in [0.25, 0.3) is 0 Å². The highest BCUT2D eigenvalue weighted by Crippen LogP contribution is 2.57. The average molecular weight is 488 g/mol. The maximum absolute atomic E-state index is 12.1. The van der Waals surface area contributed by atoms with Crippen molar-refractivity contribution < 1.29 is 56.4 Å². The van der Waals surface area contributed by atoms with E-state index in [1.807, 2.05) is 4.98 Å². The number of rotatable bonds is 8. The van der Waals surface area contributed by atoms with Gasteiger partial charge in [0.25, 0.3) is 5.56 Å². The fraction of sp³-hybridized carbons (Fsp3) is 0.538. The number of carbonyl (C=O) groups is 2. The van der Waals surface area contributed by atoms with E-state index in [1.165, 1.54) is 0 Å². The van der Waals surface area contributed by atoms with Crippen LogP contribution in [0.3, 0.4) is 0 Å². The van der Waals surface area contributed by atoms with E-state index in [0.717, 1.165) is 30.7 Å². The number of H-pyrrole nitrogens is 1. The number of hydrogen-bond acceptors (Lipinski definition) is 11. The lowest BCUT2D eigenvalue weighted by Gasteiger charge is -2.24. The first-order valence-electron chi connectivity index (χ1n) is 8.24. The van der Waals surface area contributed by atoms with Crippen LogP contribution >= 0.6 is 15.6 Å². The predicted molar refractivity (Wildman–Crippen MR) is 95.2 cm³/mol. The van der Waals surface area contributed by atoms with Gasteiger partial charge < -0.3 is 28.9 Å². The monoisotopic (exact) mass is 488 g/mol. The predicted octanol–water partition coefficient (Wildman–Crippen LogP) is -1.48. The van der Waals surface area contributed by atoms with Gasteiger partial charge in [-0.2, -0.15) is 4.31 Å². The third-order valence-corrected chi connectivity index (χ3v) is 5.78. The van der Waals surface area contributed by atoms with Crippen LogP contribution in [0.1, 0.15) is 20.1 Å². The van der Waals surface area contributed by atoms with Crippen LogP contribution in [0.15, 0.2) is 21.9 Å². The van der Waals surface area contributed by atoms with Crippen molar-refractivity contribution in [1.82, 2.24) is 9.55 Å². The van der Waals surface area contributed by atoms with Gasteiger partial charge in [-0.15, -0.1) is 0 Å². The Morgan fingerprint density at radius 3 is 2.23 bits per heavy atom. The van der Waals surface area contributed by atoms with Crippen LogP contribution in [0.5, 0.6) is 0 Å². The maximum Gasteiger partial charge on any atom is 0.481 e. The van der Waals surface area contributed by atoms with E-state index in [4.69, 9.17) is 24.0 Å². The Bertz CT molecular complexity index is 1040. The molecule has 0 saturated carbocycles. The van der Waals surface area contributed by atoms with Gasteiger partial charge in [0.05, 0.1) is 6.61 Å². The van der Waals surface area contributed by atoms with Crippen LogP contribution in [-0.2, 0) is 41.8 Å². The second-order valence-electron chi connectivity index (χ2n) is 6.07. The van der Waals surface area contributed by atoms with Crippen molar-refractivity contribution in [1.29, 1.82) is 0 Å². The van der Waals surface area contributed by atoms with Gasteiger partial charge in [0.1, 0.15) is 6.10 Å². The van der Waals surface area contributed by atoms with E-state index < -0.39 is 70.0 Å². The number of phosphoric acid groups is 2. The average Bonchev–Trinajstić information content (AvgIpc) is 2.87. The van der Waals surface area contributed by atoms with Gasteiger partial charge in [-0.1, -0.05) is 0 Å². The Balaban J connectivity index is 2.37. The summed E-state index contributed by atoms with van der Waals surface area (Å²) in [4.78, 5) is 75.1. The molecular weight excluding hydrogens is 470 g/mol. The molecule has 1 unspecified atom stereocenters. The second kappa shape index (κ2) is 9.54. The van der Waals surface area contributed by atoms with Crippen molar-refractivity contribution in [3.8, 4) is 0 Å². The summed E-state index contributed by atoms with van der Waals surface area (Å²) in [5.74, 6) is -1.75. The summed E-state index contributed by atoms with van der Waals surface area (Å²) in [6, 6.07) is 0.954. The number of nitrogens with one attached hydrogen (secondary N) is 1. The van der Waals surface area contributed by atoms with Crippen LogP contribution < -0.4 is 11.2 Å². The standard InChI is InChI=1S/C13H18N2O14P2/c1-6(16)26-10-8(5-25-31(23,24)29-30(20,21)22)28-12(11(10)27-7(2)17)15-4-3-9(18)14-13(15)19/h3-4,8,10-12H,5H2,1-2H3,(H,23,24)(H,14,18,19)(H2,20,21,22)/t8-,10-,11-,12-/m1/s1. The van der Waals surface area contributed by atoms with Crippen molar-refractivity contribution >= 4 is 27.6 Å². The normalized spacial score (nSPS) is 25.6. The van der Waals surface area contributed by atoms with Crippen molar-refractivity contribution in [2.24, 2.45) is 0 Å². The molecule has 1 aromatic heterocycles. The minimum atomic E-state index is -5.40. The molecule has 0 aliphatic carbocycles. The number of esters is 2. The summed E-state index contributed by atoms with van der Waals surface area (Å²) in [5, 5.41) is 0. The van der Waals surface area contributed by atoms with Crippen LogP contribution in [0, 0.1) is 0 Å². The third-order valence-electron chi connectivity index (χ3n) is 3.63. The molecule has 31 heavy (non-hydrogen) atoms. The molecule has 174 valence electrons. The molecule has 5 atom stereocenters. The van der Waals surface area contributed by atoms with E-state index in [0.29, 0.717) is 0 Å². The highest BCUT2D eigenvalue weighted by Gasteiger charge is 2.51. The molecular formula is C13H18N2O14P2. The number of nitrogens with zero attached hydrogens (tertiary/aromatic N) is 1. The Morgan fingerprint density at radius 2 is 1.71 bits per heavy atom. The Labute approximate surface area is 172 Å². The Hall–Kier alpha value is -2.16. The van der Waals surface area contributed by atoms with Crippen LogP contribution in [-0.4, -0.2) is 61.1 Å². The zero-order valence-electron chi connectivity index (χ0n) is 15.8. The molecule has 0 aromatic carbocycles. The number of aromatic nitrogens is 2. The van der Waals surface area contributed by atoms with Crippen LogP contribution in [0.4, 0.5) is 0 Å². The molecule has 18 heteroatoms. The summed E-state index contributed by atoms with van der Waals surface area (Å²) in [5.41, 5.74) is -1.72. The van der Waals surface area contributed by atoms with Gasteiger partial charge >= 0.3 is 33.3 Å². The van der Waals surface area contributed by atoms with Gasteiger partial charge in [-0.05, 0) is 0 Å². The van der Waals surface area contributed by atoms with Crippen molar-refractivity contribution in [2.75, 3.05) is 6.61 Å². The molecule has 2 rings (SSSR count). The zero-order valence-corrected chi connectivity index (χ0v) is 17.6. The van der Waals surface area contributed by atoms with Gasteiger partial charge in [0.15, 0.2) is 18.4 Å². The summed E-state index contributed by atoms with van der Waals surface area (Å²) < 4.78 is 47.0. The number of hydrogen-bond donors (Lipinski definition) is 4. The molecule has 1 aliphatic heterocycles. The fourth-order valence-electron chi connectivity index (χ4n) is 2.67. The molecule has 1 fully saturated rings. The van der Waals surface area contributed by atoms with E-state index in [-0.39, 0.29) is 0 Å². The lowest BCUT2D eigenvalue weighted by molar-refractivity contribution is -0.165. The lowest BCUT2D eigenvalue weighted by atomic mass is 10.1. The lowest BCUT2D eigenvalue weighted by Crippen LogP contribution is -2.42. The molecule has 4 N–H and O–H groups in total. The number of ether oxygens (including phenoxy) is 3. The maximum atomic E-state index is 12.1. The minimum absolute atomic E-state index is 0.740. The van der Waals surface area contributed by atoms with Crippen LogP contribution in [0.2, 0.25) is 0 Å². The highest BCUT2D eigenvalue weighted by atomic mass is 31.3. The van der Waals surface area contributed by atoms with Gasteiger partial charge in [0, 0.05) is 26.1 Å². The third kappa shape index (κ3) is 7.19. The number of aromatic amines is 1. The quantitative estimate of drug-likeness (QED) is 0.242. The van der Waals surface area contributed by atoms with E-state index in [2.05, 4.69) is 8.83 Å². The SMILES string of the molecule is CC(=O)O[C@@H]1[C@H](OC(C)=O)[C@@H](COP(=O)(O)OP(=O)(O)O)O[C@H]1n1ccc(=O)[nH]c1=O. The van der Waals surface area contributed by atoms with E-state index in [1.54, 1.807) is 0 Å². The smallest absolute Gasteiger partial charge is 0.456 e. The van der Waals surface area contributed by atoms with Crippen molar-refractivity contribution in [2.45, 2.75) is 38.4 Å². The summed E-state index contributed by atoms with van der Waals surface area (Å²) in [6.45, 7) is 1.06. The molecule has 16 nitrogen and oxygen atoms in total. The van der Waals surface area contributed by atoms with Crippen molar-refractivity contribution in [3.63, 3.8) is 0 Å². The van der Waals surface area contributed by atoms with Crippen molar-refractivity contribution in [3.05, 3.63) is 33.1 Å². The second-order valence-corrected chi connectivity index (χ2v) is 8.90. The number of carbonyl (C=O) groups excluding carboxylic acids is 2. The Morgan fingerprint density at radius 1 is 1.13 bits per heavy atom. The molecule has 1 aromatic rings. The largest absolute Gasteiger partial charge is 0.481 e. The van der Waals surface area contributed by atoms with E-state index in [9.17, 15) is 33.2 Å². The summed E-state index contributed by atoms with van der Waals surface area (Å²) in [7, 11) is -10.7. The first kappa shape index (κ1) is 25.1. The first-order chi connectivity index (χ1) is 14.2. The Kier molecular flexibility index (Phi) is 7.73.